The van der Waals surface area contributed by atoms with E-state index >= 15 is 0 Å². The number of anilines is 1. The average molecular weight is 302 g/mol. The lowest BCUT2D eigenvalue weighted by atomic mass is 10.3. The molecule has 2 aromatic rings. The second-order valence-corrected chi connectivity index (χ2v) is 6.76. The maximum absolute atomic E-state index is 5.93. The predicted octanol–water partition coefficient (Wildman–Crippen LogP) is 3.77. The van der Waals surface area contributed by atoms with E-state index < -0.39 is 0 Å². The molecule has 0 fully saturated rings. The Balaban J connectivity index is 2.04. The number of nitrogens with one attached hydrogen (secondary N) is 1. The summed E-state index contributed by atoms with van der Waals surface area (Å²) < 4.78 is 0.835. The van der Waals surface area contributed by atoms with Gasteiger partial charge in [0.25, 0.3) is 0 Å². The number of nitrogens with zero attached hydrogens (tertiary/aromatic N) is 2. The van der Waals surface area contributed by atoms with Crippen LogP contribution in [0.3, 0.4) is 0 Å². The van der Waals surface area contributed by atoms with Crippen LogP contribution in [0.15, 0.2) is 17.5 Å². The van der Waals surface area contributed by atoms with Crippen molar-refractivity contribution in [3.8, 4) is 0 Å². The van der Waals surface area contributed by atoms with Crippen molar-refractivity contribution >= 4 is 39.4 Å². The lowest BCUT2D eigenvalue weighted by Gasteiger charge is -2.14. The van der Waals surface area contributed by atoms with Gasteiger partial charge in [-0.1, -0.05) is 11.6 Å². The van der Waals surface area contributed by atoms with Gasteiger partial charge in [0.05, 0.1) is 16.6 Å². The topological polar surface area (TPSA) is 28.2 Å². The van der Waals surface area contributed by atoms with Crippen LogP contribution in [0, 0.1) is 0 Å². The van der Waals surface area contributed by atoms with Gasteiger partial charge in [0.2, 0.25) is 0 Å². The number of thiophene rings is 1. The monoisotopic (exact) mass is 301 g/mol. The van der Waals surface area contributed by atoms with Gasteiger partial charge >= 0.3 is 0 Å². The van der Waals surface area contributed by atoms with Crippen LogP contribution in [0.2, 0.25) is 4.34 Å². The zero-order valence-electron chi connectivity index (χ0n) is 10.6. The van der Waals surface area contributed by atoms with Crippen molar-refractivity contribution in [2.45, 2.75) is 19.5 Å². The van der Waals surface area contributed by atoms with Crippen LogP contribution in [0.4, 0.5) is 5.13 Å². The van der Waals surface area contributed by atoms with E-state index in [2.05, 4.69) is 40.6 Å². The highest BCUT2D eigenvalue weighted by Crippen LogP contribution is 2.27. The van der Waals surface area contributed by atoms with E-state index in [4.69, 9.17) is 11.6 Å². The highest BCUT2D eigenvalue weighted by Gasteiger charge is 2.11. The third kappa shape index (κ3) is 3.23. The lowest BCUT2D eigenvalue weighted by Crippen LogP contribution is -2.16. The molecule has 0 bridgehead atoms. The van der Waals surface area contributed by atoms with Crippen LogP contribution in [-0.2, 0) is 6.54 Å². The van der Waals surface area contributed by atoms with Crippen molar-refractivity contribution in [2.24, 2.45) is 0 Å². The minimum absolute atomic E-state index is 0.291. The standard InChI is InChI=1S/C12H16ClN3S2/c1-8(14-2)10-7-17-12(15-10)16(3)6-9-4-5-11(13)18-9/h4-5,7-8,14H,6H2,1-3H3. The van der Waals surface area contributed by atoms with Gasteiger partial charge in [0.15, 0.2) is 5.13 Å². The predicted molar refractivity (Wildman–Crippen MR) is 81.0 cm³/mol. The van der Waals surface area contributed by atoms with Crippen LogP contribution in [0.5, 0.6) is 0 Å². The zero-order valence-corrected chi connectivity index (χ0v) is 13.0. The first-order valence-corrected chi connectivity index (χ1v) is 7.75. The second-order valence-electron chi connectivity index (χ2n) is 4.13. The van der Waals surface area contributed by atoms with Gasteiger partial charge in [0.1, 0.15) is 0 Å². The number of aromatic nitrogens is 1. The Bertz CT molecular complexity index is 509. The van der Waals surface area contributed by atoms with Gasteiger partial charge in [-0.2, -0.15) is 0 Å². The van der Waals surface area contributed by atoms with Gasteiger partial charge in [-0.3, -0.25) is 0 Å². The second kappa shape index (κ2) is 6.02. The molecule has 1 N–H and O–H groups in total. The van der Waals surface area contributed by atoms with E-state index in [0.29, 0.717) is 6.04 Å². The fraction of sp³-hybridized carbons (Fsp3) is 0.417. The zero-order chi connectivity index (χ0) is 13.1. The number of rotatable bonds is 5. The van der Waals surface area contributed by atoms with E-state index in [1.807, 2.05) is 13.1 Å². The third-order valence-electron chi connectivity index (χ3n) is 2.73. The summed E-state index contributed by atoms with van der Waals surface area (Å²) in [4.78, 5) is 8.04. The molecule has 0 aliphatic carbocycles. The maximum Gasteiger partial charge on any atom is 0.185 e. The Morgan fingerprint density at radius 3 is 2.89 bits per heavy atom. The summed E-state index contributed by atoms with van der Waals surface area (Å²) in [6.07, 6.45) is 0. The first-order valence-electron chi connectivity index (χ1n) is 5.68. The summed E-state index contributed by atoms with van der Waals surface area (Å²) in [5.74, 6) is 0. The van der Waals surface area contributed by atoms with Crippen molar-refractivity contribution in [1.82, 2.24) is 10.3 Å². The summed E-state index contributed by atoms with van der Waals surface area (Å²) in [5, 5.41) is 6.34. The molecule has 0 aliphatic heterocycles. The van der Waals surface area contributed by atoms with Crippen LogP contribution in [-0.4, -0.2) is 19.1 Å². The Labute approximate surface area is 120 Å². The molecule has 1 unspecified atom stereocenters. The summed E-state index contributed by atoms with van der Waals surface area (Å²) >= 11 is 9.22. The Hall–Kier alpha value is -0.620. The fourth-order valence-electron chi connectivity index (χ4n) is 1.54. The molecule has 0 spiro atoms. The van der Waals surface area contributed by atoms with Crippen molar-refractivity contribution in [3.05, 3.63) is 32.4 Å². The van der Waals surface area contributed by atoms with Crippen LogP contribution in [0.1, 0.15) is 23.5 Å². The quantitative estimate of drug-likeness (QED) is 0.911. The number of thiazole rings is 1. The first kappa shape index (κ1) is 13.8. The molecule has 3 nitrogen and oxygen atoms in total. The minimum atomic E-state index is 0.291. The number of hydrogen-bond donors (Lipinski definition) is 1. The molecule has 0 saturated carbocycles. The molecule has 2 rings (SSSR count). The van der Waals surface area contributed by atoms with E-state index in [-0.39, 0.29) is 0 Å². The van der Waals surface area contributed by atoms with Gasteiger partial charge in [-0.15, -0.1) is 22.7 Å². The molecule has 0 aromatic carbocycles. The first-order chi connectivity index (χ1) is 8.60. The molecule has 1 atom stereocenters. The largest absolute Gasteiger partial charge is 0.346 e. The molecular formula is C12H16ClN3S2. The summed E-state index contributed by atoms with van der Waals surface area (Å²) in [6, 6.07) is 4.29. The molecule has 6 heteroatoms. The maximum atomic E-state index is 5.93. The lowest BCUT2D eigenvalue weighted by molar-refractivity contribution is 0.636. The van der Waals surface area contributed by atoms with Crippen LogP contribution >= 0.6 is 34.3 Å². The molecule has 2 heterocycles. The van der Waals surface area contributed by atoms with Crippen molar-refractivity contribution in [1.29, 1.82) is 0 Å². The summed E-state index contributed by atoms with van der Waals surface area (Å²) in [5.41, 5.74) is 1.09. The van der Waals surface area contributed by atoms with Gasteiger partial charge in [-0.25, -0.2) is 4.98 Å². The molecule has 0 saturated heterocycles. The molecular weight excluding hydrogens is 286 g/mol. The summed E-state index contributed by atoms with van der Waals surface area (Å²) in [7, 11) is 4.00. The molecule has 0 radical (unpaired) electrons. The Morgan fingerprint density at radius 1 is 1.50 bits per heavy atom. The average Bonchev–Trinajstić information content (AvgIpc) is 2.97. The number of halogens is 1. The molecule has 0 aliphatic rings. The molecule has 98 valence electrons. The Morgan fingerprint density at radius 2 is 2.28 bits per heavy atom. The van der Waals surface area contributed by atoms with Crippen molar-refractivity contribution in [2.75, 3.05) is 19.0 Å². The van der Waals surface area contributed by atoms with Crippen molar-refractivity contribution < 1.29 is 0 Å². The van der Waals surface area contributed by atoms with E-state index in [1.54, 1.807) is 22.7 Å². The van der Waals surface area contributed by atoms with E-state index in [1.165, 1.54) is 4.88 Å². The normalized spacial score (nSPS) is 12.7. The molecule has 0 amide bonds. The fourth-order valence-corrected chi connectivity index (χ4v) is 3.56. The smallest absolute Gasteiger partial charge is 0.185 e. The van der Waals surface area contributed by atoms with Gasteiger partial charge in [-0.05, 0) is 26.1 Å². The van der Waals surface area contributed by atoms with E-state index in [0.717, 1.165) is 21.7 Å². The third-order valence-corrected chi connectivity index (χ3v) is 4.92. The van der Waals surface area contributed by atoms with Gasteiger partial charge in [0, 0.05) is 23.3 Å². The highest BCUT2D eigenvalue weighted by atomic mass is 35.5. The molecule has 18 heavy (non-hydrogen) atoms. The number of hydrogen-bond acceptors (Lipinski definition) is 5. The minimum Gasteiger partial charge on any atom is -0.346 e. The SMILES string of the molecule is CNC(C)c1csc(N(C)Cc2ccc(Cl)s2)n1. The van der Waals surface area contributed by atoms with Crippen molar-refractivity contribution in [3.63, 3.8) is 0 Å². The van der Waals surface area contributed by atoms with Gasteiger partial charge < -0.3 is 10.2 Å². The van der Waals surface area contributed by atoms with Crippen LogP contribution in [0.25, 0.3) is 0 Å². The highest BCUT2D eigenvalue weighted by molar-refractivity contribution is 7.16. The Kier molecular flexibility index (Phi) is 4.61. The molecule has 2 aromatic heterocycles. The van der Waals surface area contributed by atoms with E-state index in [9.17, 15) is 0 Å². The summed E-state index contributed by atoms with van der Waals surface area (Å²) in [6.45, 7) is 2.95. The van der Waals surface area contributed by atoms with Crippen LogP contribution < -0.4 is 10.2 Å².